The quantitative estimate of drug-likeness (QED) is 0.928. The van der Waals surface area contributed by atoms with Crippen LogP contribution in [0.2, 0.25) is 0 Å². The molecule has 0 radical (unpaired) electrons. The largest absolute Gasteiger partial charge is 0.497 e. The second-order valence-electron chi connectivity index (χ2n) is 5.00. The fourth-order valence-electron chi connectivity index (χ4n) is 2.71. The van der Waals surface area contributed by atoms with E-state index in [-0.39, 0.29) is 11.9 Å². The van der Waals surface area contributed by atoms with E-state index >= 15 is 0 Å². The van der Waals surface area contributed by atoms with E-state index in [1.165, 1.54) is 11.1 Å². The summed E-state index contributed by atoms with van der Waals surface area (Å²) in [7, 11) is 1.60. The summed E-state index contributed by atoms with van der Waals surface area (Å²) in [4.78, 5) is 12.3. The van der Waals surface area contributed by atoms with Crippen LogP contribution in [-0.2, 0) is 6.42 Å². The Labute approximate surface area is 118 Å². The molecule has 20 heavy (non-hydrogen) atoms. The summed E-state index contributed by atoms with van der Waals surface area (Å²) in [6.45, 7) is 0. The molecule has 2 aromatic rings. The highest BCUT2D eigenvalue weighted by atomic mass is 16.5. The van der Waals surface area contributed by atoms with E-state index in [9.17, 15) is 4.79 Å². The number of nitrogens with one attached hydrogen (secondary N) is 1. The van der Waals surface area contributed by atoms with Crippen molar-refractivity contribution in [1.29, 1.82) is 0 Å². The van der Waals surface area contributed by atoms with E-state index in [4.69, 9.17) is 4.74 Å². The van der Waals surface area contributed by atoms with Gasteiger partial charge in [0.1, 0.15) is 5.75 Å². The average molecular weight is 267 g/mol. The van der Waals surface area contributed by atoms with Gasteiger partial charge in [-0.25, -0.2) is 0 Å². The van der Waals surface area contributed by atoms with Gasteiger partial charge in [0, 0.05) is 5.56 Å². The van der Waals surface area contributed by atoms with E-state index in [0.717, 1.165) is 12.8 Å². The van der Waals surface area contributed by atoms with Gasteiger partial charge in [0.2, 0.25) is 0 Å². The van der Waals surface area contributed by atoms with Crippen molar-refractivity contribution in [3.8, 4) is 5.75 Å². The van der Waals surface area contributed by atoms with Crippen LogP contribution in [-0.4, -0.2) is 13.0 Å². The number of fused-ring (bicyclic) bond motifs is 1. The van der Waals surface area contributed by atoms with Gasteiger partial charge in [-0.05, 0) is 42.2 Å². The predicted molar refractivity (Wildman–Crippen MR) is 78.0 cm³/mol. The Hall–Kier alpha value is -2.29. The van der Waals surface area contributed by atoms with E-state index in [1.54, 1.807) is 19.2 Å². The Morgan fingerprint density at radius 2 is 2.05 bits per heavy atom. The molecule has 1 aliphatic carbocycles. The Bertz CT molecular complexity index is 636. The van der Waals surface area contributed by atoms with Crippen molar-refractivity contribution in [3.05, 3.63) is 65.2 Å². The third-order valence-corrected chi connectivity index (χ3v) is 3.77. The molecule has 1 N–H and O–H groups in total. The molecule has 0 aromatic heterocycles. The van der Waals surface area contributed by atoms with Crippen LogP contribution >= 0.6 is 0 Å². The number of carbonyl (C=O) groups is 1. The molecular formula is C17H17NO2. The molecule has 1 amide bonds. The Kier molecular flexibility index (Phi) is 3.42. The Morgan fingerprint density at radius 3 is 2.90 bits per heavy atom. The number of hydrogen-bond donors (Lipinski definition) is 1. The topological polar surface area (TPSA) is 38.3 Å². The lowest BCUT2D eigenvalue weighted by Crippen LogP contribution is -2.27. The highest BCUT2D eigenvalue weighted by Gasteiger charge is 2.23. The third-order valence-electron chi connectivity index (χ3n) is 3.77. The number of rotatable bonds is 3. The fourth-order valence-corrected chi connectivity index (χ4v) is 2.71. The lowest BCUT2D eigenvalue weighted by molar-refractivity contribution is 0.0936. The maximum absolute atomic E-state index is 12.3. The van der Waals surface area contributed by atoms with Gasteiger partial charge < -0.3 is 10.1 Å². The molecule has 1 unspecified atom stereocenters. The van der Waals surface area contributed by atoms with Crippen LogP contribution in [0.5, 0.6) is 5.75 Å². The minimum atomic E-state index is -0.0504. The number of aryl methyl sites for hydroxylation is 1. The van der Waals surface area contributed by atoms with Crippen LogP contribution < -0.4 is 10.1 Å². The molecule has 0 aliphatic heterocycles. The smallest absolute Gasteiger partial charge is 0.251 e. The summed E-state index contributed by atoms with van der Waals surface area (Å²) >= 11 is 0. The average Bonchev–Trinajstić information content (AvgIpc) is 2.90. The molecule has 0 bridgehead atoms. The van der Waals surface area contributed by atoms with Gasteiger partial charge in [0.15, 0.2) is 0 Å². The van der Waals surface area contributed by atoms with Gasteiger partial charge in [-0.2, -0.15) is 0 Å². The maximum Gasteiger partial charge on any atom is 0.251 e. The Balaban J connectivity index is 1.77. The van der Waals surface area contributed by atoms with Gasteiger partial charge in [-0.3, -0.25) is 4.79 Å². The normalized spacial score (nSPS) is 16.6. The first-order valence-electron chi connectivity index (χ1n) is 6.80. The molecule has 3 nitrogen and oxygen atoms in total. The summed E-state index contributed by atoms with van der Waals surface area (Å²) in [6.07, 6.45) is 1.99. The predicted octanol–water partition coefficient (Wildman–Crippen LogP) is 3.11. The summed E-state index contributed by atoms with van der Waals surface area (Å²) in [5.74, 6) is 0.648. The van der Waals surface area contributed by atoms with Crippen molar-refractivity contribution in [1.82, 2.24) is 5.32 Å². The zero-order valence-electron chi connectivity index (χ0n) is 11.4. The monoisotopic (exact) mass is 267 g/mol. The van der Waals surface area contributed by atoms with E-state index < -0.39 is 0 Å². The number of ether oxygens (including phenoxy) is 1. The molecule has 0 fully saturated rings. The standard InChI is InChI=1S/C17H17NO2/c1-20-14-7-4-6-13(11-14)17(19)18-16-10-9-12-5-2-3-8-15(12)16/h2-8,11,16H,9-10H2,1H3,(H,18,19). The molecule has 3 rings (SSSR count). The minimum Gasteiger partial charge on any atom is -0.497 e. The highest BCUT2D eigenvalue weighted by Crippen LogP contribution is 2.30. The zero-order chi connectivity index (χ0) is 13.9. The summed E-state index contributed by atoms with van der Waals surface area (Å²) < 4.78 is 5.15. The highest BCUT2D eigenvalue weighted by molar-refractivity contribution is 5.94. The van der Waals surface area contributed by atoms with Crippen molar-refractivity contribution in [2.24, 2.45) is 0 Å². The third kappa shape index (κ3) is 2.39. The van der Waals surface area contributed by atoms with Gasteiger partial charge in [-0.1, -0.05) is 30.3 Å². The second kappa shape index (κ2) is 5.37. The van der Waals surface area contributed by atoms with Gasteiger partial charge in [-0.15, -0.1) is 0 Å². The zero-order valence-corrected chi connectivity index (χ0v) is 11.4. The van der Waals surface area contributed by atoms with Crippen molar-refractivity contribution in [2.45, 2.75) is 18.9 Å². The van der Waals surface area contributed by atoms with Gasteiger partial charge >= 0.3 is 0 Å². The first-order chi connectivity index (χ1) is 9.78. The first kappa shape index (κ1) is 12.7. The first-order valence-corrected chi connectivity index (χ1v) is 6.80. The van der Waals surface area contributed by atoms with Crippen LogP contribution in [0.25, 0.3) is 0 Å². The summed E-state index contributed by atoms with van der Waals surface area (Å²) in [6, 6.07) is 15.6. The molecule has 1 atom stereocenters. The van der Waals surface area contributed by atoms with Crippen LogP contribution in [0.4, 0.5) is 0 Å². The SMILES string of the molecule is COc1cccc(C(=O)NC2CCc3ccccc32)c1. The van der Waals surface area contributed by atoms with Crippen LogP contribution in [0, 0.1) is 0 Å². The number of benzene rings is 2. The maximum atomic E-state index is 12.3. The van der Waals surface area contributed by atoms with Crippen LogP contribution in [0.3, 0.4) is 0 Å². The van der Waals surface area contributed by atoms with Crippen molar-refractivity contribution < 1.29 is 9.53 Å². The number of hydrogen-bond acceptors (Lipinski definition) is 2. The number of amides is 1. The van der Waals surface area contributed by atoms with Crippen molar-refractivity contribution in [2.75, 3.05) is 7.11 Å². The fraction of sp³-hybridized carbons (Fsp3) is 0.235. The summed E-state index contributed by atoms with van der Waals surface area (Å²) in [5.41, 5.74) is 3.21. The molecule has 0 heterocycles. The molecule has 0 spiro atoms. The molecule has 1 aliphatic rings. The number of methoxy groups -OCH3 is 1. The molecule has 0 saturated carbocycles. The van der Waals surface area contributed by atoms with Crippen molar-refractivity contribution in [3.63, 3.8) is 0 Å². The number of carbonyl (C=O) groups excluding carboxylic acids is 1. The Morgan fingerprint density at radius 1 is 1.20 bits per heavy atom. The van der Waals surface area contributed by atoms with Gasteiger partial charge in [0.05, 0.1) is 13.2 Å². The lowest BCUT2D eigenvalue weighted by atomic mass is 10.1. The lowest BCUT2D eigenvalue weighted by Gasteiger charge is -2.14. The molecule has 0 saturated heterocycles. The minimum absolute atomic E-state index is 0.0504. The van der Waals surface area contributed by atoms with E-state index in [0.29, 0.717) is 11.3 Å². The molecular weight excluding hydrogens is 250 g/mol. The van der Waals surface area contributed by atoms with Crippen LogP contribution in [0.15, 0.2) is 48.5 Å². The van der Waals surface area contributed by atoms with Crippen molar-refractivity contribution >= 4 is 5.91 Å². The van der Waals surface area contributed by atoms with Gasteiger partial charge in [0.25, 0.3) is 5.91 Å². The van der Waals surface area contributed by atoms with E-state index in [1.807, 2.05) is 24.3 Å². The summed E-state index contributed by atoms with van der Waals surface area (Å²) in [5, 5.41) is 3.11. The second-order valence-corrected chi connectivity index (χ2v) is 5.00. The molecule has 3 heteroatoms. The van der Waals surface area contributed by atoms with E-state index in [2.05, 4.69) is 17.4 Å². The molecule has 2 aromatic carbocycles. The van der Waals surface area contributed by atoms with Crippen LogP contribution in [0.1, 0.15) is 33.9 Å². The molecule has 102 valence electrons.